The molecule has 8 nitrogen and oxygen atoms in total. The van der Waals surface area contributed by atoms with E-state index in [1.807, 2.05) is 6.20 Å². The van der Waals surface area contributed by atoms with Gasteiger partial charge in [-0.1, -0.05) is 6.07 Å². The molecule has 1 aromatic carbocycles. The summed E-state index contributed by atoms with van der Waals surface area (Å²) in [6, 6.07) is 4.84. The lowest BCUT2D eigenvalue weighted by molar-refractivity contribution is -0.159. The molecular weight excluding hydrogens is 417 g/mol. The summed E-state index contributed by atoms with van der Waals surface area (Å²) in [7, 11) is 0. The van der Waals surface area contributed by atoms with Gasteiger partial charge in [0.1, 0.15) is 0 Å². The summed E-state index contributed by atoms with van der Waals surface area (Å²) in [5.74, 6) is -0.234. The topological polar surface area (TPSA) is 76.9 Å². The third-order valence-corrected chi connectivity index (χ3v) is 5.26. The molecular formula is C20H21F3N4O4. The van der Waals surface area contributed by atoms with Crippen molar-refractivity contribution in [2.75, 3.05) is 36.2 Å². The van der Waals surface area contributed by atoms with Crippen LogP contribution in [-0.4, -0.2) is 60.4 Å². The van der Waals surface area contributed by atoms with Crippen molar-refractivity contribution in [1.29, 1.82) is 0 Å². The Morgan fingerprint density at radius 1 is 1.23 bits per heavy atom. The molecule has 4 rings (SSSR count). The zero-order valence-corrected chi connectivity index (χ0v) is 16.9. The highest BCUT2D eigenvalue weighted by Crippen LogP contribution is 2.39. The van der Waals surface area contributed by atoms with Crippen LogP contribution in [0.2, 0.25) is 0 Å². The fourth-order valence-electron chi connectivity index (χ4n) is 3.74. The molecule has 11 heteroatoms. The van der Waals surface area contributed by atoms with E-state index in [2.05, 4.69) is 9.84 Å². The molecule has 0 saturated carbocycles. The summed E-state index contributed by atoms with van der Waals surface area (Å²) in [5.41, 5.74) is 2.21. The van der Waals surface area contributed by atoms with E-state index in [9.17, 15) is 22.8 Å². The minimum Gasteiger partial charge on any atom is -0.439 e. The molecule has 2 aliphatic heterocycles. The highest BCUT2D eigenvalue weighted by atomic mass is 19.4. The number of hydrogen-bond donors (Lipinski definition) is 0. The lowest BCUT2D eigenvalue weighted by Gasteiger charge is -2.40. The highest BCUT2D eigenvalue weighted by molar-refractivity contribution is 6.03. The van der Waals surface area contributed by atoms with Crippen LogP contribution in [0.3, 0.4) is 0 Å². The van der Waals surface area contributed by atoms with Gasteiger partial charge in [0.05, 0.1) is 42.9 Å². The van der Waals surface area contributed by atoms with Crippen LogP contribution in [0.1, 0.15) is 19.9 Å². The Bertz CT molecular complexity index is 1000. The van der Waals surface area contributed by atoms with Crippen molar-refractivity contribution in [3.63, 3.8) is 0 Å². The zero-order valence-electron chi connectivity index (χ0n) is 16.9. The smallest absolute Gasteiger partial charge is 0.422 e. The lowest BCUT2D eigenvalue weighted by Crippen LogP contribution is -2.51. The second-order valence-electron chi connectivity index (χ2n) is 7.62. The molecule has 0 aliphatic carbocycles. The summed E-state index contributed by atoms with van der Waals surface area (Å²) >= 11 is 0. The van der Waals surface area contributed by atoms with Gasteiger partial charge in [0.2, 0.25) is 5.91 Å². The van der Waals surface area contributed by atoms with Gasteiger partial charge in [-0.3, -0.25) is 14.4 Å². The van der Waals surface area contributed by atoms with E-state index in [0.717, 1.165) is 10.5 Å². The third-order valence-electron chi connectivity index (χ3n) is 5.26. The maximum Gasteiger partial charge on any atom is 0.422 e. The van der Waals surface area contributed by atoms with Crippen molar-refractivity contribution in [2.24, 2.45) is 0 Å². The predicted octanol–water partition coefficient (Wildman–Crippen LogP) is 3.38. The van der Waals surface area contributed by atoms with E-state index >= 15 is 0 Å². The van der Waals surface area contributed by atoms with Gasteiger partial charge in [-0.15, -0.1) is 0 Å². The number of carbonyl (C=O) groups excluding carboxylic acids is 2. The average Bonchev–Trinajstić information content (AvgIpc) is 3.12. The number of aromatic nitrogens is 2. The number of ether oxygens (including phenoxy) is 2. The summed E-state index contributed by atoms with van der Waals surface area (Å²) in [6.45, 7) is 2.60. The van der Waals surface area contributed by atoms with Crippen LogP contribution < -0.4 is 9.80 Å². The molecule has 2 aromatic rings. The van der Waals surface area contributed by atoms with E-state index in [-0.39, 0.29) is 18.5 Å². The van der Waals surface area contributed by atoms with Gasteiger partial charge in [-0.05, 0) is 24.6 Å². The van der Waals surface area contributed by atoms with E-state index in [4.69, 9.17) is 4.74 Å². The minimum absolute atomic E-state index is 0.00536. The SMILES string of the molecule is CC(=O)N1c2ccc(-c3cnn(C4COC4)c3)cc2N(C(=O)OCC(F)(F)F)CC1C. The van der Waals surface area contributed by atoms with Crippen molar-refractivity contribution in [3.8, 4) is 11.1 Å². The molecule has 1 saturated heterocycles. The molecule has 166 valence electrons. The summed E-state index contributed by atoms with van der Waals surface area (Å²) in [6.07, 6.45) is -2.24. The molecule has 3 heterocycles. The number of carbonyl (C=O) groups is 2. The average molecular weight is 438 g/mol. The Kier molecular flexibility index (Phi) is 5.38. The molecule has 1 fully saturated rings. The number of nitrogens with zero attached hydrogens (tertiary/aromatic N) is 4. The van der Waals surface area contributed by atoms with Crippen molar-refractivity contribution in [2.45, 2.75) is 32.1 Å². The lowest BCUT2D eigenvalue weighted by atomic mass is 10.0. The molecule has 0 spiro atoms. The van der Waals surface area contributed by atoms with Crippen LogP contribution in [0.25, 0.3) is 11.1 Å². The zero-order chi connectivity index (χ0) is 22.3. The van der Waals surface area contributed by atoms with Crippen LogP contribution in [0, 0.1) is 0 Å². The van der Waals surface area contributed by atoms with E-state index < -0.39 is 24.9 Å². The Morgan fingerprint density at radius 3 is 2.58 bits per heavy atom. The van der Waals surface area contributed by atoms with Crippen LogP contribution >= 0.6 is 0 Å². The molecule has 2 amide bonds. The Balaban J connectivity index is 1.69. The fraction of sp³-hybridized carbons (Fsp3) is 0.450. The first-order valence-electron chi connectivity index (χ1n) is 9.71. The van der Waals surface area contributed by atoms with Crippen molar-refractivity contribution < 1.29 is 32.2 Å². The second kappa shape index (κ2) is 7.88. The van der Waals surface area contributed by atoms with Crippen LogP contribution in [0.15, 0.2) is 30.6 Å². The predicted molar refractivity (Wildman–Crippen MR) is 105 cm³/mol. The maximum absolute atomic E-state index is 12.5. The van der Waals surface area contributed by atoms with E-state index in [0.29, 0.717) is 30.2 Å². The molecule has 1 aromatic heterocycles. The summed E-state index contributed by atoms with van der Waals surface area (Å²) < 4.78 is 49.1. The number of amides is 2. The third kappa shape index (κ3) is 4.22. The molecule has 1 atom stereocenters. The van der Waals surface area contributed by atoms with Crippen molar-refractivity contribution in [1.82, 2.24) is 9.78 Å². The quantitative estimate of drug-likeness (QED) is 0.734. The Morgan fingerprint density at radius 2 is 1.97 bits per heavy atom. The monoisotopic (exact) mass is 438 g/mol. The minimum atomic E-state index is -4.63. The number of benzene rings is 1. The first-order chi connectivity index (χ1) is 14.6. The molecule has 0 N–H and O–H groups in total. The molecule has 0 radical (unpaired) electrons. The second-order valence-corrected chi connectivity index (χ2v) is 7.62. The van der Waals surface area contributed by atoms with Crippen molar-refractivity contribution >= 4 is 23.4 Å². The number of fused-ring (bicyclic) bond motifs is 1. The summed E-state index contributed by atoms with van der Waals surface area (Å²) in [4.78, 5) is 27.3. The van der Waals surface area contributed by atoms with Crippen molar-refractivity contribution in [3.05, 3.63) is 30.6 Å². The normalized spacial score (nSPS) is 19.1. The van der Waals surface area contributed by atoms with Gasteiger partial charge < -0.3 is 14.4 Å². The number of rotatable bonds is 3. The van der Waals surface area contributed by atoms with Gasteiger partial charge in [0.25, 0.3) is 0 Å². The van der Waals surface area contributed by atoms with Gasteiger partial charge >= 0.3 is 12.3 Å². The standard InChI is InChI=1S/C20H21F3N4O4/c1-12-7-25(19(29)31-11-20(21,22)23)18-5-14(3-4-17(18)27(12)13(2)28)15-6-24-26(8-15)16-9-30-10-16/h3-6,8,12,16H,7,9-11H2,1-2H3. The van der Waals surface area contributed by atoms with Crippen LogP contribution in [0.5, 0.6) is 0 Å². The van der Waals surface area contributed by atoms with Gasteiger partial charge in [0.15, 0.2) is 6.61 Å². The largest absolute Gasteiger partial charge is 0.439 e. The van der Waals surface area contributed by atoms with E-state index in [1.165, 1.54) is 11.8 Å². The van der Waals surface area contributed by atoms with Gasteiger partial charge in [-0.25, -0.2) is 4.79 Å². The fourth-order valence-corrected chi connectivity index (χ4v) is 3.74. The number of halogens is 3. The Hall–Kier alpha value is -3.08. The van der Waals surface area contributed by atoms with Gasteiger partial charge in [0, 0.05) is 25.2 Å². The first kappa shape index (κ1) is 21.2. The molecule has 31 heavy (non-hydrogen) atoms. The number of hydrogen-bond acceptors (Lipinski definition) is 5. The number of alkyl halides is 3. The highest BCUT2D eigenvalue weighted by Gasteiger charge is 2.37. The van der Waals surface area contributed by atoms with Gasteiger partial charge in [-0.2, -0.15) is 18.3 Å². The summed E-state index contributed by atoms with van der Waals surface area (Å²) in [5, 5.41) is 4.33. The maximum atomic E-state index is 12.5. The van der Waals surface area contributed by atoms with Crippen LogP contribution in [-0.2, 0) is 14.3 Å². The molecule has 2 aliphatic rings. The first-order valence-corrected chi connectivity index (χ1v) is 9.71. The number of anilines is 2. The molecule has 0 bridgehead atoms. The molecule has 1 unspecified atom stereocenters. The Labute approximate surface area is 176 Å². The van der Waals surface area contributed by atoms with Crippen LogP contribution in [0.4, 0.5) is 29.3 Å². The van der Waals surface area contributed by atoms with E-state index in [1.54, 1.807) is 36.0 Å².